The summed E-state index contributed by atoms with van der Waals surface area (Å²) < 4.78 is 0. The number of rotatable bonds is 7. The Morgan fingerprint density at radius 2 is 1.43 bits per heavy atom. The average molecular weight is 412 g/mol. The first kappa shape index (κ1) is 21.4. The fourth-order valence-corrected chi connectivity index (χ4v) is 6.95. The van der Waals surface area contributed by atoms with Crippen molar-refractivity contribution in [3.63, 3.8) is 0 Å². The number of amides is 2. The van der Waals surface area contributed by atoms with Crippen molar-refractivity contribution >= 4 is 17.5 Å². The lowest BCUT2D eigenvalue weighted by atomic mass is 9.49. The van der Waals surface area contributed by atoms with Crippen molar-refractivity contribution in [1.82, 2.24) is 10.2 Å². The molecule has 2 amide bonds. The third-order valence-electron chi connectivity index (χ3n) is 7.59. The molecule has 0 unspecified atom stereocenters. The number of hydrogen-bond acceptors (Lipinski definition) is 3. The van der Waals surface area contributed by atoms with E-state index in [1.54, 1.807) is 4.90 Å². The Morgan fingerprint density at radius 1 is 0.933 bits per heavy atom. The van der Waals surface area contributed by atoms with Gasteiger partial charge < -0.3 is 10.6 Å². The predicted octanol–water partition coefficient (Wildman–Crippen LogP) is 3.81. The van der Waals surface area contributed by atoms with Crippen LogP contribution in [0, 0.1) is 43.9 Å². The number of anilines is 1. The Kier molecular flexibility index (Phi) is 5.93. The molecule has 0 heterocycles. The standard InChI is InChI=1S/C25H37N3O2/c1-16-5-17(2)24(18(3)6-16)27-23(30)14-28(4)13-22(29)26-15-25-10-19-7-20(11-25)9-21(8-19)12-25/h5-6,19-21H,7-15H2,1-4H3,(H,26,29)(H,27,30). The summed E-state index contributed by atoms with van der Waals surface area (Å²) in [7, 11) is 1.83. The topological polar surface area (TPSA) is 61.4 Å². The van der Waals surface area contributed by atoms with Crippen molar-refractivity contribution in [2.75, 3.05) is 32.0 Å². The second-order valence-corrected chi connectivity index (χ2v) is 10.7. The van der Waals surface area contributed by atoms with E-state index in [1.165, 1.54) is 44.1 Å². The Bertz CT molecular complexity index is 773. The van der Waals surface area contributed by atoms with Gasteiger partial charge in [0, 0.05) is 12.2 Å². The molecular formula is C25H37N3O2. The molecule has 2 N–H and O–H groups in total. The van der Waals surface area contributed by atoms with E-state index >= 15 is 0 Å². The Hall–Kier alpha value is -1.88. The van der Waals surface area contributed by atoms with Crippen molar-refractivity contribution in [3.05, 3.63) is 28.8 Å². The fourth-order valence-electron chi connectivity index (χ4n) is 6.95. The number of hydrogen-bond donors (Lipinski definition) is 2. The first-order valence-corrected chi connectivity index (χ1v) is 11.5. The summed E-state index contributed by atoms with van der Waals surface area (Å²) in [6.07, 6.45) is 8.16. The molecule has 5 heteroatoms. The summed E-state index contributed by atoms with van der Waals surface area (Å²) in [6.45, 7) is 7.36. The molecule has 0 saturated heterocycles. The molecule has 5 nitrogen and oxygen atoms in total. The van der Waals surface area contributed by atoms with E-state index in [1.807, 2.05) is 20.9 Å². The van der Waals surface area contributed by atoms with Crippen LogP contribution < -0.4 is 10.6 Å². The SMILES string of the molecule is Cc1cc(C)c(NC(=O)CN(C)CC(=O)NCC23CC4CC(CC(C4)C2)C3)c(C)c1. The van der Waals surface area contributed by atoms with E-state index in [4.69, 9.17) is 0 Å². The normalized spacial score (nSPS) is 29.3. The summed E-state index contributed by atoms with van der Waals surface area (Å²) in [5.41, 5.74) is 4.55. The quantitative estimate of drug-likeness (QED) is 0.717. The molecule has 0 atom stereocenters. The van der Waals surface area contributed by atoms with Gasteiger partial charge in [0.2, 0.25) is 11.8 Å². The van der Waals surface area contributed by atoms with Gasteiger partial charge >= 0.3 is 0 Å². The van der Waals surface area contributed by atoms with Gasteiger partial charge in [-0.25, -0.2) is 0 Å². The first-order chi connectivity index (χ1) is 14.2. The van der Waals surface area contributed by atoms with Crippen LogP contribution in [0.25, 0.3) is 0 Å². The van der Waals surface area contributed by atoms with Crippen LogP contribution in [-0.2, 0) is 9.59 Å². The number of benzene rings is 1. The number of nitrogens with zero attached hydrogens (tertiary/aromatic N) is 1. The minimum absolute atomic E-state index is 0.0312. The maximum absolute atomic E-state index is 12.5. The molecule has 164 valence electrons. The number of carbonyl (C=O) groups excluding carboxylic acids is 2. The van der Waals surface area contributed by atoms with Crippen molar-refractivity contribution < 1.29 is 9.59 Å². The number of likely N-dealkylation sites (N-methyl/N-ethyl adjacent to an activating group) is 1. The van der Waals surface area contributed by atoms with Crippen LogP contribution in [0.5, 0.6) is 0 Å². The van der Waals surface area contributed by atoms with Gasteiger partial charge in [-0.05, 0) is 101 Å². The lowest BCUT2D eigenvalue weighted by Gasteiger charge is -2.56. The maximum Gasteiger partial charge on any atom is 0.238 e. The highest BCUT2D eigenvalue weighted by atomic mass is 16.2. The third kappa shape index (κ3) is 4.72. The molecule has 4 saturated carbocycles. The molecule has 0 radical (unpaired) electrons. The zero-order chi connectivity index (χ0) is 21.5. The Morgan fingerprint density at radius 3 is 1.97 bits per heavy atom. The molecule has 4 fully saturated rings. The zero-order valence-corrected chi connectivity index (χ0v) is 19.0. The van der Waals surface area contributed by atoms with Crippen molar-refractivity contribution in [3.8, 4) is 0 Å². The van der Waals surface area contributed by atoms with Crippen molar-refractivity contribution in [2.45, 2.75) is 59.3 Å². The number of aryl methyl sites for hydroxylation is 3. The maximum atomic E-state index is 12.5. The van der Waals surface area contributed by atoms with E-state index in [2.05, 4.69) is 29.7 Å². The van der Waals surface area contributed by atoms with Gasteiger partial charge in [0.1, 0.15) is 0 Å². The molecule has 0 aliphatic heterocycles. The van der Waals surface area contributed by atoms with Crippen LogP contribution in [0.15, 0.2) is 12.1 Å². The van der Waals surface area contributed by atoms with Gasteiger partial charge in [0.15, 0.2) is 0 Å². The van der Waals surface area contributed by atoms with E-state index in [9.17, 15) is 9.59 Å². The van der Waals surface area contributed by atoms with Gasteiger partial charge in [-0.3, -0.25) is 14.5 Å². The van der Waals surface area contributed by atoms with Crippen LogP contribution in [0.4, 0.5) is 5.69 Å². The van der Waals surface area contributed by atoms with Crippen LogP contribution in [0.2, 0.25) is 0 Å². The Balaban J connectivity index is 1.24. The molecule has 1 aromatic rings. The molecule has 4 aliphatic rings. The fraction of sp³-hybridized carbons (Fsp3) is 0.680. The molecule has 5 rings (SSSR count). The molecular weight excluding hydrogens is 374 g/mol. The van der Waals surface area contributed by atoms with Gasteiger partial charge in [-0.15, -0.1) is 0 Å². The van der Waals surface area contributed by atoms with Crippen molar-refractivity contribution in [2.24, 2.45) is 23.2 Å². The minimum atomic E-state index is -0.0820. The van der Waals surface area contributed by atoms with Crippen molar-refractivity contribution in [1.29, 1.82) is 0 Å². The van der Waals surface area contributed by atoms with E-state index in [0.717, 1.165) is 41.1 Å². The predicted molar refractivity (Wildman–Crippen MR) is 120 cm³/mol. The highest BCUT2D eigenvalue weighted by Crippen LogP contribution is 2.59. The highest BCUT2D eigenvalue weighted by molar-refractivity contribution is 5.94. The lowest BCUT2D eigenvalue weighted by Crippen LogP contribution is -2.52. The summed E-state index contributed by atoms with van der Waals surface area (Å²) in [5.74, 6) is 2.64. The molecule has 30 heavy (non-hydrogen) atoms. The van der Waals surface area contributed by atoms with Gasteiger partial charge in [0.25, 0.3) is 0 Å². The minimum Gasteiger partial charge on any atom is -0.354 e. The smallest absolute Gasteiger partial charge is 0.238 e. The molecule has 4 bridgehead atoms. The second-order valence-electron chi connectivity index (χ2n) is 10.7. The van der Waals surface area contributed by atoms with E-state index in [-0.39, 0.29) is 24.9 Å². The monoisotopic (exact) mass is 411 g/mol. The summed E-state index contributed by atoms with van der Waals surface area (Å²) in [6, 6.07) is 4.15. The number of nitrogens with one attached hydrogen (secondary N) is 2. The largest absolute Gasteiger partial charge is 0.354 e. The summed E-state index contributed by atoms with van der Waals surface area (Å²) >= 11 is 0. The van der Waals surface area contributed by atoms with Crippen LogP contribution in [0.1, 0.15) is 55.2 Å². The van der Waals surface area contributed by atoms with E-state index in [0.29, 0.717) is 5.41 Å². The van der Waals surface area contributed by atoms with Crippen LogP contribution >= 0.6 is 0 Å². The van der Waals surface area contributed by atoms with Gasteiger partial charge in [0.05, 0.1) is 13.1 Å². The van der Waals surface area contributed by atoms with Gasteiger partial charge in [-0.1, -0.05) is 17.7 Å². The zero-order valence-electron chi connectivity index (χ0n) is 19.0. The van der Waals surface area contributed by atoms with Crippen LogP contribution in [0.3, 0.4) is 0 Å². The molecule has 0 spiro atoms. The Labute approximate surface area is 181 Å². The average Bonchev–Trinajstić information content (AvgIpc) is 2.62. The third-order valence-corrected chi connectivity index (χ3v) is 7.59. The molecule has 1 aromatic carbocycles. The highest BCUT2D eigenvalue weighted by Gasteiger charge is 2.50. The second kappa shape index (κ2) is 8.33. The van der Waals surface area contributed by atoms with Crippen LogP contribution in [-0.4, -0.2) is 43.4 Å². The number of carbonyl (C=O) groups is 2. The summed E-state index contributed by atoms with van der Waals surface area (Å²) in [4.78, 5) is 26.8. The molecule has 4 aliphatic carbocycles. The summed E-state index contributed by atoms with van der Waals surface area (Å²) in [5, 5.41) is 6.22. The molecule has 0 aromatic heterocycles. The first-order valence-electron chi connectivity index (χ1n) is 11.5. The van der Waals surface area contributed by atoms with Gasteiger partial charge in [-0.2, -0.15) is 0 Å². The van der Waals surface area contributed by atoms with E-state index < -0.39 is 0 Å². The lowest BCUT2D eigenvalue weighted by molar-refractivity contribution is -0.124.